The first-order valence-corrected chi connectivity index (χ1v) is 8.74. The molecule has 5 rings (SSSR count). The minimum Gasteiger partial charge on any atom is -0.342 e. The van der Waals surface area contributed by atoms with Crippen LogP contribution < -0.4 is 4.98 Å². The fourth-order valence-corrected chi connectivity index (χ4v) is 3.42. The van der Waals surface area contributed by atoms with Crippen molar-refractivity contribution in [3.05, 3.63) is 72.1 Å². The van der Waals surface area contributed by atoms with E-state index in [2.05, 4.69) is 87.5 Å². The molecule has 0 aliphatic rings. The summed E-state index contributed by atoms with van der Waals surface area (Å²) in [5, 5.41) is 0. The van der Waals surface area contributed by atoms with E-state index in [4.69, 9.17) is 0 Å². The maximum absolute atomic E-state index is 4.47. The van der Waals surface area contributed by atoms with Crippen molar-refractivity contribution in [1.82, 2.24) is 15.0 Å². The number of nitrogens with zero attached hydrogens (tertiary/aromatic N) is 1. The van der Waals surface area contributed by atoms with Gasteiger partial charge in [0.15, 0.2) is 11.0 Å². The summed E-state index contributed by atoms with van der Waals surface area (Å²) in [5.74, 6) is 1.96. The molecule has 0 saturated heterocycles. The molecule has 0 saturated carbocycles. The predicted octanol–water partition coefficient (Wildman–Crippen LogP) is 4.81. The number of hydrogen-bond acceptors (Lipinski definition) is 1. The molecule has 2 heterocycles. The van der Waals surface area contributed by atoms with Crippen LogP contribution in [0.4, 0.5) is 0 Å². The number of benzene rings is 3. The second kappa shape index (κ2) is 5.56. The first kappa shape index (κ1) is 14.9. The number of aryl methyl sites for hydroxylation is 2. The number of hydrogen-bond donors (Lipinski definition) is 2. The lowest BCUT2D eigenvalue weighted by atomic mass is 10.0. The van der Waals surface area contributed by atoms with Crippen molar-refractivity contribution in [3.8, 4) is 22.5 Å². The van der Waals surface area contributed by atoms with Crippen LogP contribution in [0, 0.1) is 13.8 Å². The highest BCUT2D eigenvalue weighted by Gasteiger charge is 2.13. The van der Waals surface area contributed by atoms with Crippen LogP contribution in [0.15, 0.2) is 60.7 Å². The number of aromatic nitrogens is 4. The van der Waals surface area contributed by atoms with Gasteiger partial charge in [0.2, 0.25) is 0 Å². The van der Waals surface area contributed by atoms with Gasteiger partial charge in [-0.25, -0.2) is 15.0 Å². The Morgan fingerprint density at radius 3 is 2.23 bits per heavy atom. The lowest BCUT2D eigenvalue weighted by molar-refractivity contribution is -0.330. The smallest absolute Gasteiger partial charge is 0.285 e. The van der Waals surface area contributed by atoms with Gasteiger partial charge in [0.05, 0.1) is 16.6 Å². The third-order valence-corrected chi connectivity index (χ3v) is 4.81. The lowest BCUT2D eigenvalue weighted by Gasteiger charge is -2.00. The van der Waals surface area contributed by atoms with Crippen LogP contribution in [0.5, 0.6) is 0 Å². The Morgan fingerprint density at radius 2 is 1.42 bits per heavy atom. The molecule has 0 radical (unpaired) electrons. The monoisotopic (exact) mass is 339 g/mol. The van der Waals surface area contributed by atoms with E-state index < -0.39 is 0 Å². The minimum absolute atomic E-state index is 0.939. The Kier molecular flexibility index (Phi) is 3.19. The molecule has 0 unspecified atom stereocenters. The van der Waals surface area contributed by atoms with Crippen LogP contribution in [0.25, 0.3) is 44.6 Å². The van der Waals surface area contributed by atoms with Gasteiger partial charge < -0.3 is 4.98 Å². The Balaban J connectivity index is 1.59. The fourth-order valence-electron chi connectivity index (χ4n) is 3.42. The Hall–Kier alpha value is -3.40. The summed E-state index contributed by atoms with van der Waals surface area (Å²) in [5.41, 5.74) is 9.04. The Morgan fingerprint density at radius 1 is 0.731 bits per heavy atom. The second-order valence-electron chi connectivity index (χ2n) is 6.81. The molecule has 3 aromatic carbocycles. The van der Waals surface area contributed by atoms with E-state index >= 15 is 0 Å². The zero-order valence-electron chi connectivity index (χ0n) is 14.7. The standard InChI is InChI=1S/C22H18N4/c1-13-3-5-15(6-4-13)22-25-19-10-8-17(12-21(19)26-22)16-7-9-18-20(11-16)24-14(2)23-18/h3-12H,1-2H3,(H,23,24)(H,25,26)/p+1. The van der Waals surface area contributed by atoms with Gasteiger partial charge in [0, 0.05) is 0 Å². The molecule has 0 bridgehead atoms. The zero-order chi connectivity index (χ0) is 17.7. The summed E-state index contributed by atoms with van der Waals surface area (Å²) in [6, 6.07) is 21.3. The Labute approximate surface area is 150 Å². The SMILES string of the molecule is Cc1ccc(-c2[nH]c3cc(-c4ccc5nc(C)[nH]c5c4)ccc3[nH+]2)cc1. The largest absolute Gasteiger partial charge is 0.342 e. The van der Waals surface area contributed by atoms with Crippen LogP contribution in [-0.2, 0) is 0 Å². The third-order valence-electron chi connectivity index (χ3n) is 4.81. The highest BCUT2D eigenvalue weighted by Crippen LogP contribution is 2.26. The zero-order valence-corrected chi connectivity index (χ0v) is 14.7. The molecule has 0 aliphatic carbocycles. The molecule has 0 atom stereocenters. The van der Waals surface area contributed by atoms with Crippen LogP contribution in [0.3, 0.4) is 0 Å². The lowest BCUT2D eigenvalue weighted by Crippen LogP contribution is -2.02. The first-order chi connectivity index (χ1) is 12.7. The van der Waals surface area contributed by atoms with Crippen molar-refractivity contribution in [1.29, 1.82) is 0 Å². The van der Waals surface area contributed by atoms with Crippen molar-refractivity contribution in [2.45, 2.75) is 13.8 Å². The topological polar surface area (TPSA) is 58.6 Å². The molecular weight excluding hydrogens is 320 g/mol. The van der Waals surface area contributed by atoms with Gasteiger partial charge in [-0.2, -0.15) is 0 Å². The summed E-state index contributed by atoms with van der Waals surface area (Å²) < 4.78 is 0. The summed E-state index contributed by atoms with van der Waals surface area (Å²) in [7, 11) is 0. The quantitative estimate of drug-likeness (QED) is 0.476. The van der Waals surface area contributed by atoms with E-state index in [1.165, 1.54) is 16.7 Å². The molecular formula is C22H19N4+. The first-order valence-electron chi connectivity index (χ1n) is 8.74. The third kappa shape index (κ3) is 2.47. The van der Waals surface area contributed by atoms with E-state index in [0.29, 0.717) is 0 Å². The van der Waals surface area contributed by atoms with E-state index in [1.54, 1.807) is 0 Å². The van der Waals surface area contributed by atoms with Crippen molar-refractivity contribution in [2.75, 3.05) is 0 Å². The van der Waals surface area contributed by atoms with E-state index in [9.17, 15) is 0 Å². The number of H-pyrrole nitrogens is 3. The number of aromatic amines is 3. The normalized spacial score (nSPS) is 11.5. The summed E-state index contributed by atoms with van der Waals surface area (Å²) in [4.78, 5) is 14.8. The van der Waals surface area contributed by atoms with Crippen molar-refractivity contribution in [3.63, 3.8) is 0 Å². The van der Waals surface area contributed by atoms with Crippen LogP contribution >= 0.6 is 0 Å². The second-order valence-corrected chi connectivity index (χ2v) is 6.81. The van der Waals surface area contributed by atoms with Crippen molar-refractivity contribution in [2.24, 2.45) is 0 Å². The van der Waals surface area contributed by atoms with E-state index in [-0.39, 0.29) is 0 Å². The van der Waals surface area contributed by atoms with Crippen molar-refractivity contribution < 1.29 is 4.98 Å². The molecule has 0 spiro atoms. The average molecular weight is 339 g/mol. The molecule has 4 nitrogen and oxygen atoms in total. The minimum atomic E-state index is 0.939. The molecule has 126 valence electrons. The van der Waals surface area contributed by atoms with Crippen molar-refractivity contribution >= 4 is 22.1 Å². The maximum Gasteiger partial charge on any atom is 0.285 e. The number of nitrogens with one attached hydrogen (secondary N) is 3. The average Bonchev–Trinajstić information content (AvgIpc) is 3.23. The summed E-state index contributed by atoms with van der Waals surface area (Å²) in [6.45, 7) is 4.08. The molecule has 5 aromatic rings. The molecule has 0 fully saturated rings. The van der Waals surface area contributed by atoms with Crippen LogP contribution in [-0.4, -0.2) is 15.0 Å². The number of fused-ring (bicyclic) bond motifs is 2. The number of rotatable bonds is 2. The highest BCUT2D eigenvalue weighted by molar-refractivity contribution is 5.86. The molecule has 26 heavy (non-hydrogen) atoms. The highest BCUT2D eigenvalue weighted by atomic mass is 14.9. The van der Waals surface area contributed by atoms with Gasteiger partial charge in [-0.3, -0.25) is 0 Å². The maximum atomic E-state index is 4.47. The van der Waals surface area contributed by atoms with Gasteiger partial charge in [0.1, 0.15) is 5.82 Å². The van der Waals surface area contributed by atoms with E-state index in [0.717, 1.165) is 39.3 Å². The molecule has 2 aromatic heterocycles. The Bertz CT molecular complexity index is 1240. The summed E-state index contributed by atoms with van der Waals surface area (Å²) in [6.07, 6.45) is 0. The molecule has 4 heteroatoms. The molecule has 3 N–H and O–H groups in total. The molecule has 0 amide bonds. The predicted molar refractivity (Wildman–Crippen MR) is 105 cm³/mol. The van der Waals surface area contributed by atoms with Gasteiger partial charge in [0.25, 0.3) is 5.82 Å². The number of imidazole rings is 2. The van der Waals surface area contributed by atoms with Crippen LogP contribution in [0.1, 0.15) is 11.4 Å². The van der Waals surface area contributed by atoms with Gasteiger partial charge >= 0.3 is 0 Å². The van der Waals surface area contributed by atoms with Gasteiger partial charge in [-0.05, 0) is 67.4 Å². The summed E-state index contributed by atoms with van der Waals surface area (Å²) >= 11 is 0. The van der Waals surface area contributed by atoms with Crippen LogP contribution in [0.2, 0.25) is 0 Å². The van der Waals surface area contributed by atoms with Gasteiger partial charge in [-0.1, -0.05) is 23.8 Å². The molecule has 0 aliphatic heterocycles. The van der Waals surface area contributed by atoms with Gasteiger partial charge in [-0.15, -0.1) is 0 Å². The van der Waals surface area contributed by atoms with E-state index in [1.807, 2.05) is 6.92 Å². The fraction of sp³-hybridized carbons (Fsp3) is 0.0909.